The first kappa shape index (κ1) is 18.3. The minimum atomic E-state index is -0.400. The molecule has 0 radical (unpaired) electrons. The summed E-state index contributed by atoms with van der Waals surface area (Å²) in [6.07, 6.45) is 1.81. The van der Waals surface area contributed by atoms with Crippen LogP contribution >= 0.6 is 0 Å². The number of likely N-dealkylation sites (tertiary alicyclic amines) is 1. The van der Waals surface area contributed by atoms with E-state index in [-0.39, 0.29) is 23.4 Å². The number of halogens is 2. The van der Waals surface area contributed by atoms with Gasteiger partial charge in [0.05, 0.1) is 5.60 Å². The minimum Gasteiger partial charge on any atom is -0.360 e. The fourth-order valence-electron chi connectivity index (χ4n) is 3.89. The van der Waals surface area contributed by atoms with Gasteiger partial charge >= 0.3 is 0 Å². The summed E-state index contributed by atoms with van der Waals surface area (Å²) in [7, 11) is 0. The van der Waals surface area contributed by atoms with Gasteiger partial charge in [-0.2, -0.15) is 0 Å². The SMILES string of the molecule is CCN1CC2(CCN(CCc3cc(F)ccc3F)CC2)O[C@H](C)C1=O. The van der Waals surface area contributed by atoms with Crippen LogP contribution in [-0.4, -0.2) is 60.1 Å². The van der Waals surface area contributed by atoms with Crippen molar-refractivity contribution in [3.63, 3.8) is 0 Å². The monoisotopic (exact) mass is 352 g/mol. The van der Waals surface area contributed by atoms with Gasteiger partial charge in [-0.15, -0.1) is 0 Å². The van der Waals surface area contributed by atoms with Crippen molar-refractivity contribution in [1.82, 2.24) is 9.80 Å². The molecule has 0 bridgehead atoms. The average Bonchev–Trinajstić information content (AvgIpc) is 2.60. The summed E-state index contributed by atoms with van der Waals surface area (Å²) in [5.41, 5.74) is 0.162. The quantitative estimate of drug-likeness (QED) is 0.835. The number of carbonyl (C=O) groups excluding carboxylic acids is 1. The number of benzene rings is 1. The third kappa shape index (κ3) is 4.01. The molecule has 25 heavy (non-hydrogen) atoms. The van der Waals surface area contributed by atoms with E-state index in [9.17, 15) is 13.6 Å². The second-order valence-electron chi connectivity index (χ2n) is 7.12. The number of hydrogen-bond donors (Lipinski definition) is 0. The Morgan fingerprint density at radius 3 is 2.68 bits per heavy atom. The van der Waals surface area contributed by atoms with E-state index in [1.165, 1.54) is 12.1 Å². The van der Waals surface area contributed by atoms with E-state index in [1.54, 1.807) is 0 Å². The standard InChI is InChI=1S/C19H26F2N2O2/c1-3-23-13-19(25-14(2)18(23)24)7-10-22(11-8-19)9-6-15-12-16(20)4-5-17(15)21/h4-5,12,14H,3,6-11,13H2,1-2H3/t14-/m1/s1. The van der Waals surface area contributed by atoms with Crippen LogP contribution in [0.1, 0.15) is 32.3 Å². The molecule has 0 unspecified atom stereocenters. The van der Waals surface area contributed by atoms with Crippen molar-refractivity contribution >= 4 is 5.91 Å². The van der Waals surface area contributed by atoms with Crippen LogP contribution < -0.4 is 0 Å². The molecule has 2 aliphatic heterocycles. The Hall–Kier alpha value is -1.53. The molecule has 2 saturated heterocycles. The highest BCUT2D eigenvalue weighted by Gasteiger charge is 2.44. The van der Waals surface area contributed by atoms with Crippen molar-refractivity contribution in [3.8, 4) is 0 Å². The third-order valence-corrected chi connectivity index (χ3v) is 5.42. The highest BCUT2D eigenvalue weighted by molar-refractivity contribution is 5.81. The van der Waals surface area contributed by atoms with Gasteiger partial charge in [-0.3, -0.25) is 4.79 Å². The van der Waals surface area contributed by atoms with Gasteiger partial charge in [0, 0.05) is 32.7 Å². The molecule has 0 aromatic heterocycles. The normalized spacial score (nSPS) is 24.1. The summed E-state index contributed by atoms with van der Waals surface area (Å²) >= 11 is 0. The molecule has 1 aromatic carbocycles. The van der Waals surface area contributed by atoms with E-state index in [4.69, 9.17) is 4.74 Å². The van der Waals surface area contributed by atoms with Crippen molar-refractivity contribution in [1.29, 1.82) is 0 Å². The number of morpholine rings is 1. The topological polar surface area (TPSA) is 32.8 Å². The molecule has 2 heterocycles. The number of ether oxygens (including phenoxy) is 1. The molecule has 2 aliphatic rings. The van der Waals surface area contributed by atoms with Gasteiger partial charge in [-0.25, -0.2) is 8.78 Å². The van der Waals surface area contributed by atoms with Crippen LogP contribution in [0, 0.1) is 11.6 Å². The Balaban J connectivity index is 1.55. The highest BCUT2D eigenvalue weighted by atomic mass is 19.1. The van der Waals surface area contributed by atoms with Crippen LogP contribution in [0.2, 0.25) is 0 Å². The zero-order valence-corrected chi connectivity index (χ0v) is 14.9. The summed E-state index contributed by atoms with van der Waals surface area (Å²) in [6.45, 7) is 7.56. The largest absolute Gasteiger partial charge is 0.360 e. The predicted molar refractivity (Wildman–Crippen MR) is 91.3 cm³/mol. The van der Waals surface area contributed by atoms with Crippen molar-refractivity contribution in [3.05, 3.63) is 35.4 Å². The van der Waals surface area contributed by atoms with Gasteiger partial charge in [0.15, 0.2) is 0 Å². The molecule has 1 aromatic rings. The molecular weight excluding hydrogens is 326 g/mol. The van der Waals surface area contributed by atoms with Crippen molar-refractivity contribution in [2.75, 3.05) is 32.7 Å². The molecule has 3 rings (SSSR count). The predicted octanol–water partition coefficient (Wildman–Crippen LogP) is 2.61. The first-order valence-corrected chi connectivity index (χ1v) is 9.05. The van der Waals surface area contributed by atoms with Crippen LogP contribution in [0.4, 0.5) is 8.78 Å². The van der Waals surface area contributed by atoms with Gasteiger partial charge in [-0.1, -0.05) is 0 Å². The van der Waals surface area contributed by atoms with Crippen molar-refractivity contribution < 1.29 is 18.3 Å². The number of nitrogens with zero attached hydrogens (tertiary/aromatic N) is 2. The number of piperidine rings is 1. The summed E-state index contributed by atoms with van der Waals surface area (Å²) in [6, 6.07) is 3.60. The first-order chi connectivity index (χ1) is 11.9. The molecule has 1 amide bonds. The van der Waals surface area contributed by atoms with Crippen LogP contribution in [0.3, 0.4) is 0 Å². The Morgan fingerprint density at radius 2 is 2.00 bits per heavy atom. The molecule has 0 N–H and O–H groups in total. The third-order valence-electron chi connectivity index (χ3n) is 5.42. The summed E-state index contributed by atoms with van der Waals surface area (Å²) in [5.74, 6) is -0.684. The molecule has 0 aliphatic carbocycles. The van der Waals surface area contributed by atoms with E-state index in [0.717, 1.165) is 32.0 Å². The van der Waals surface area contributed by atoms with Crippen LogP contribution in [0.25, 0.3) is 0 Å². The molecule has 2 fully saturated rings. The van der Waals surface area contributed by atoms with Gasteiger partial charge < -0.3 is 14.5 Å². The van der Waals surface area contributed by atoms with E-state index < -0.39 is 5.82 Å². The molecule has 1 spiro atoms. The molecule has 0 saturated carbocycles. The van der Waals surface area contributed by atoms with Gasteiger partial charge in [0.2, 0.25) is 0 Å². The van der Waals surface area contributed by atoms with Gasteiger partial charge in [0.25, 0.3) is 5.91 Å². The lowest BCUT2D eigenvalue weighted by Gasteiger charge is -2.49. The number of rotatable bonds is 4. The zero-order chi connectivity index (χ0) is 18.0. The van der Waals surface area contributed by atoms with Crippen LogP contribution in [-0.2, 0) is 16.0 Å². The smallest absolute Gasteiger partial charge is 0.251 e. The molecule has 6 heteroatoms. The summed E-state index contributed by atoms with van der Waals surface area (Å²) < 4.78 is 33.1. The van der Waals surface area contributed by atoms with E-state index in [0.29, 0.717) is 31.6 Å². The number of carbonyl (C=O) groups is 1. The lowest BCUT2D eigenvalue weighted by Crippen LogP contribution is -2.61. The minimum absolute atomic E-state index is 0.0668. The summed E-state index contributed by atoms with van der Waals surface area (Å²) in [4.78, 5) is 16.2. The Labute approximate surface area is 147 Å². The molecule has 1 atom stereocenters. The Morgan fingerprint density at radius 1 is 1.28 bits per heavy atom. The van der Waals surface area contributed by atoms with Gasteiger partial charge in [0.1, 0.15) is 17.7 Å². The number of amides is 1. The van der Waals surface area contributed by atoms with E-state index in [1.807, 2.05) is 18.7 Å². The maximum absolute atomic E-state index is 13.7. The van der Waals surface area contributed by atoms with Crippen molar-refractivity contribution in [2.24, 2.45) is 0 Å². The number of likely N-dealkylation sites (N-methyl/N-ethyl adjacent to an activating group) is 1. The fraction of sp³-hybridized carbons (Fsp3) is 0.632. The average molecular weight is 352 g/mol. The highest BCUT2D eigenvalue weighted by Crippen LogP contribution is 2.32. The molecule has 138 valence electrons. The molecule has 4 nitrogen and oxygen atoms in total. The van der Waals surface area contributed by atoms with Crippen molar-refractivity contribution in [2.45, 2.75) is 44.8 Å². The van der Waals surface area contributed by atoms with Crippen LogP contribution in [0.5, 0.6) is 0 Å². The van der Waals surface area contributed by atoms with Gasteiger partial charge in [-0.05, 0) is 56.9 Å². The number of hydrogen-bond acceptors (Lipinski definition) is 3. The Bertz CT molecular complexity index is 630. The van der Waals surface area contributed by atoms with E-state index in [2.05, 4.69) is 4.90 Å². The maximum Gasteiger partial charge on any atom is 0.251 e. The second-order valence-corrected chi connectivity index (χ2v) is 7.12. The second kappa shape index (κ2) is 7.38. The molecular formula is C19H26F2N2O2. The lowest BCUT2D eigenvalue weighted by molar-refractivity contribution is -0.189. The first-order valence-electron chi connectivity index (χ1n) is 9.05. The fourth-order valence-corrected chi connectivity index (χ4v) is 3.89. The zero-order valence-electron chi connectivity index (χ0n) is 14.9. The maximum atomic E-state index is 13.7. The Kier molecular flexibility index (Phi) is 5.39. The lowest BCUT2D eigenvalue weighted by atomic mass is 9.88. The summed E-state index contributed by atoms with van der Waals surface area (Å²) in [5, 5.41) is 0. The van der Waals surface area contributed by atoms with E-state index >= 15 is 0 Å². The van der Waals surface area contributed by atoms with Crippen LogP contribution in [0.15, 0.2) is 18.2 Å².